The Bertz CT molecular complexity index is 1010. The van der Waals surface area contributed by atoms with Crippen LogP contribution in [0.25, 0.3) is 11.1 Å². The van der Waals surface area contributed by atoms with Crippen molar-refractivity contribution in [1.29, 1.82) is 0 Å². The normalized spacial score (nSPS) is 14.1. The molecule has 0 aliphatic carbocycles. The third-order valence-electron chi connectivity index (χ3n) is 5.53. The Morgan fingerprint density at radius 2 is 1.77 bits per heavy atom. The largest absolute Gasteiger partial charge is 0.466 e. The number of hydrogen-bond donors (Lipinski definition) is 2. The zero-order valence-corrected chi connectivity index (χ0v) is 21.7. The summed E-state index contributed by atoms with van der Waals surface area (Å²) in [5.41, 5.74) is 0.237. The first-order chi connectivity index (χ1) is 16.4. The SMILES string of the molecule is CCOC(=O)[C@](C)(CCO)C[C@@H](Cc1ccc(-c2cc(Cl)ccc2F)cc1)NC(=O)OC(C)(C)C. The molecule has 0 spiro atoms. The average Bonchev–Trinajstić information content (AvgIpc) is 2.75. The highest BCUT2D eigenvalue weighted by atomic mass is 35.5. The minimum atomic E-state index is -1.01. The van der Waals surface area contributed by atoms with Gasteiger partial charge in [-0.15, -0.1) is 0 Å². The summed E-state index contributed by atoms with van der Waals surface area (Å²) in [6, 6.07) is 11.1. The van der Waals surface area contributed by atoms with Crippen LogP contribution in [0.15, 0.2) is 42.5 Å². The van der Waals surface area contributed by atoms with E-state index in [1.165, 1.54) is 12.1 Å². The topological polar surface area (TPSA) is 84.9 Å². The van der Waals surface area contributed by atoms with E-state index in [0.29, 0.717) is 22.6 Å². The molecule has 8 heteroatoms. The number of carbonyl (C=O) groups is 2. The summed E-state index contributed by atoms with van der Waals surface area (Å²) in [4.78, 5) is 25.2. The molecule has 0 fully saturated rings. The van der Waals surface area contributed by atoms with Crippen molar-refractivity contribution in [1.82, 2.24) is 5.32 Å². The van der Waals surface area contributed by atoms with Gasteiger partial charge in [0, 0.05) is 23.2 Å². The van der Waals surface area contributed by atoms with Crippen LogP contribution in [0.5, 0.6) is 0 Å². The Hall–Kier alpha value is -2.64. The summed E-state index contributed by atoms with van der Waals surface area (Å²) in [7, 11) is 0. The van der Waals surface area contributed by atoms with E-state index >= 15 is 0 Å². The molecule has 2 atom stereocenters. The molecule has 0 aromatic heterocycles. The highest BCUT2D eigenvalue weighted by Gasteiger charge is 2.37. The molecule has 2 aromatic rings. The fourth-order valence-electron chi connectivity index (χ4n) is 3.86. The zero-order valence-electron chi connectivity index (χ0n) is 21.0. The maximum atomic E-state index is 14.3. The van der Waals surface area contributed by atoms with Crippen LogP contribution in [0.1, 0.15) is 53.0 Å². The molecular weight excluding hydrogens is 473 g/mol. The van der Waals surface area contributed by atoms with Gasteiger partial charge in [-0.1, -0.05) is 35.9 Å². The van der Waals surface area contributed by atoms with Crippen LogP contribution in [0.2, 0.25) is 5.02 Å². The molecule has 2 rings (SSSR count). The van der Waals surface area contributed by atoms with E-state index in [9.17, 15) is 19.1 Å². The Kier molecular flexibility index (Phi) is 10.1. The molecule has 0 aliphatic heterocycles. The van der Waals surface area contributed by atoms with Gasteiger partial charge in [0.2, 0.25) is 0 Å². The molecule has 6 nitrogen and oxygen atoms in total. The van der Waals surface area contributed by atoms with Crippen LogP contribution in [0.3, 0.4) is 0 Å². The number of hydrogen-bond acceptors (Lipinski definition) is 5. The maximum Gasteiger partial charge on any atom is 0.407 e. The molecule has 0 heterocycles. The third-order valence-corrected chi connectivity index (χ3v) is 5.76. The molecule has 0 bridgehead atoms. The second kappa shape index (κ2) is 12.4. The van der Waals surface area contributed by atoms with Crippen LogP contribution < -0.4 is 5.32 Å². The van der Waals surface area contributed by atoms with Crippen LogP contribution in [0, 0.1) is 11.2 Å². The zero-order chi connectivity index (χ0) is 26.2. The van der Waals surface area contributed by atoms with Gasteiger partial charge in [0.25, 0.3) is 0 Å². The van der Waals surface area contributed by atoms with Crippen LogP contribution >= 0.6 is 11.6 Å². The molecule has 2 N–H and O–H groups in total. The Labute approximate surface area is 211 Å². The monoisotopic (exact) mass is 507 g/mol. The Morgan fingerprint density at radius 1 is 1.11 bits per heavy atom. The number of aliphatic hydroxyl groups is 1. The van der Waals surface area contributed by atoms with Crippen LogP contribution in [-0.2, 0) is 20.7 Å². The van der Waals surface area contributed by atoms with Gasteiger partial charge in [-0.05, 0) is 83.2 Å². The van der Waals surface area contributed by atoms with Crippen molar-refractivity contribution < 1.29 is 28.6 Å². The van der Waals surface area contributed by atoms with Gasteiger partial charge in [-0.2, -0.15) is 0 Å². The van der Waals surface area contributed by atoms with Gasteiger partial charge in [0.15, 0.2) is 0 Å². The molecule has 0 radical (unpaired) electrons. The minimum Gasteiger partial charge on any atom is -0.466 e. The number of benzene rings is 2. The van der Waals surface area contributed by atoms with Gasteiger partial charge >= 0.3 is 12.1 Å². The van der Waals surface area contributed by atoms with E-state index in [-0.39, 0.29) is 31.9 Å². The van der Waals surface area contributed by atoms with Crippen LogP contribution in [-0.4, -0.2) is 42.0 Å². The lowest BCUT2D eigenvalue weighted by Gasteiger charge is -2.32. The summed E-state index contributed by atoms with van der Waals surface area (Å²) in [6.07, 6.45) is 0.204. The molecule has 1 amide bonds. The summed E-state index contributed by atoms with van der Waals surface area (Å²) in [5, 5.41) is 12.9. The second-order valence-electron chi connectivity index (χ2n) is 9.83. The number of rotatable bonds is 10. The van der Waals surface area contributed by atoms with Crippen molar-refractivity contribution >= 4 is 23.7 Å². The summed E-state index contributed by atoms with van der Waals surface area (Å²) >= 11 is 6.02. The molecule has 2 aromatic carbocycles. The average molecular weight is 508 g/mol. The first kappa shape index (κ1) is 28.6. The molecule has 0 saturated carbocycles. The number of aliphatic hydroxyl groups excluding tert-OH is 1. The predicted molar refractivity (Wildman–Crippen MR) is 135 cm³/mol. The first-order valence-corrected chi connectivity index (χ1v) is 12.1. The smallest absolute Gasteiger partial charge is 0.407 e. The lowest BCUT2D eigenvalue weighted by molar-refractivity contribution is -0.156. The lowest BCUT2D eigenvalue weighted by atomic mass is 9.79. The van der Waals surface area contributed by atoms with Crippen molar-refractivity contribution in [2.24, 2.45) is 5.41 Å². The number of carbonyl (C=O) groups excluding carboxylic acids is 2. The second-order valence-corrected chi connectivity index (χ2v) is 10.3. The highest BCUT2D eigenvalue weighted by Crippen LogP contribution is 2.31. The van der Waals surface area contributed by atoms with Crippen molar-refractivity contribution in [2.45, 2.75) is 65.5 Å². The fourth-order valence-corrected chi connectivity index (χ4v) is 4.03. The fraction of sp³-hybridized carbons (Fsp3) is 0.481. The number of ether oxygens (including phenoxy) is 2. The van der Waals surface area contributed by atoms with Crippen molar-refractivity contribution in [3.05, 3.63) is 58.9 Å². The maximum absolute atomic E-state index is 14.3. The van der Waals surface area contributed by atoms with E-state index in [1.54, 1.807) is 52.8 Å². The summed E-state index contributed by atoms with van der Waals surface area (Å²) < 4.78 is 24.9. The Morgan fingerprint density at radius 3 is 2.34 bits per heavy atom. The third kappa shape index (κ3) is 8.82. The Balaban J connectivity index is 2.29. The first-order valence-electron chi connectivity index (χ1n) is 11.7. The number of alkyl carbamates (subject to hydrolysis) is 1. The molecule has 0 aliphatic rings. The van der Waals surface area contributed by atoms with Gasteiger partial charge in [-0.3, -0.25) is 4.79 Å². The highest BCUT2D eigenvalue weighted by molar-refractivity contribution is 6.30. The van der Waals surface area contributed by atoms with E-state index < -0.39 is 29.1 Å². The van der Waals surface area contributed by atoms with Gasteiger partial charge in [0.05, 0.1) is 12.0 Å². The molecule has 192 valence electrons. The predicted octanol–water partition coefficient (Wildman–Crippen LogP) is 5.92. The van der Waals surface area contributed by atoms with Crippen LogP contribution in [0.4, 0.5) is 9.18 Å². The molecule has 0 unspecified atom stereocenters. The number of halogens is 2. The standard InChI is InChI=1S/C27H35ClFNO5/c1-6-34-24(32)27(5,13-14-31)17-21(30-25(33)35-26(2,3)4)15-18-7-9-19(10-8-18)22-16-20(28)11-12-23(22)29/h7-12,16,21,31H,6,13-15,17H2,1-5H3,(H,30,33)/t21-,27-/m1/s1. The lowest BCUT2D eigenvalue weighted by Crippen LogP contribution is -2.45. The van der Waals surface area contributed by atoms with E-state index in [0.717, 1.165) is 5.56 Å². The van der Waals surface area contributed by atoms with E-state index in [1.807, 2.05) is 12.1 Å². The van der Waals surface area contributed by atoms with E-state index in [2.05, 4.69) is 5.32 Å². The molecule has 0 saturated heterocycles. The number of esters is 1. The minimum absolute atomic E-state index is 0.186. The number of amides is 1. The number of nitrogens with one attached hydrogen (secondary N) is 1. The van der Waals surface area contributed by atoms with Crippen molar-refractivity contribution in [3.63, 3.8) is 0 Å². The van der Waals surface area contributed by atoms with E-state index in [4.69, 9.17) is 21.1 Å². The van der Waals surface area contributed by atoms with Crippen molar-refractivity contribution in [3.8, 4) is 11.1 Å². The quantitative estimate of drug-likeness (QED) is 0.390. The van der Waals surface area contributed by atoms with Crippen molar-refractivity contribution in [2.75, 3.05) is 13.2 Å². The molecular formula is C27H35ClFNO5. The summed E-state index contributed by atoms with van der Waals surface area (Å²) in [6.45, 7) is 8.76. The van der Waals surface area contributed by atoms with Gasteiger partial charge < -0.3 is 19.9 Å². The summed E-state index contributed by atoms with van der Waals surface area (Å²) in [5.74, 6) is -0.808. The molecule has 35 heavy (non-hydrogen) atoms. The van der Waals surface area contributed by atoms with Gasteiger partial charge in [-0.25, -0.2) is 9.18 Å². The van der Waals surface area contributed by atoms with Gasteiger partial charge in [0.1, 0.15) is 11.4 Å².